The van der Waals surface area contributed by atoms with Crippen LogP contribution in [-0.4, -0.2) is 50.5 Å². The van der Waals surface area contributed by atoms with Crippen LogP contribution in [0.1, 0.15) is 64.7 Å². The molecule has 2 rings (SSSR count). The zero-order chi connectivity index (χ0) is 19.1. The Bertz CT molecular complexity index is 469. The van der Waals surface area contributed by atoms with E-state index in [1.807, 2.05) is 12.2 Å². The fourth-order valence-corrected chi connectivity index (χ4v) is 4.88. The quantitative estimate of drug-likeness (QED) is 0.263. The molecule has 6 heteroatoms. The van der Waals surface area contributed by atoms with Crippen LogP contribution < -0.4 is 0 Å². The molecule has 0 unspecified atom stereocenters. The van der Waals surface area contributed by atoms with Crippen molar-refractivity contribution in [2.24, 2.45) is 11.8 Å². The molecule has 7 atom stereocenters. The highest BCUT2D eigenvalue weighted by Gasteiger charge is 2.49. The first-order valence-corrected chi connectivity index (χ1v) is 10.9. The van der Waals surface area contributed by atoms with E-state index in [1.54, 1.807) is 0 Å². The number of aliphatic hydroxyl groups is 2. The van der Waals surface area contributed by atoms with Gasteiger partial charge in [-0.2, -0.15) is 0 Å². The van der Waals surface area contributed by atoms with E-state index < -0.39 is 18.2 Å². The summed E-state index contributed by atoms with van der Waals surface area (Å²) in [6, 6.07) is 0. The predicted octanol–water partition coefficient (Wildman–Crippen LogP) is 3.66. The topological polar surface area (TPSA) is 87.0 Å². The summed E-state index contributed by atoms with van der Waals surface area (Å²) in [5, 5.41) is 29.2. The summed E-state index contributed by atoms with van der Waals surface area (Å²) < 4.78 is 6.14. The average molecular weight is 433 g/mol. The van der Waals surface area contributed by atoms with E-state index >= 15 is 0 Å². The fourth-order valence-electron chi connectivity index (χ4n) is 4.21. The molecule has 1 aliphatic carbocycles. The molecule has 0 spiro atoms. The van der Waals surface area contributed by atoms with Gasteiger partial charge in [-0.3, -0.25) is 4.79 Å². The molecular formula is C20H33BrO5. The number of fused-ring (bicyclic) bond motifs is 1. The molecule has 1 heterocycles. The summed E-state index contributed by atoms with van der Waals surface area (Å²) in [5.41, 5.74) is 0. The van der Waals surface area contributed by atoms with Crippen molar-refractivity contribution in [1.29, 1.82) is 0 Å². The van der Waals surface area contributed by atoms with Crippen LogP contribution in [0.5, 0.6) is 0 Å². The zero-order valence-electron chi connectivity index (χ0n) is 15.6. The molecule has 1 saturated heterocycles. The van der Waals surface area contributed by atoms with Gasteiger partial charge in [-0.05, 0) is 31.6 Å². The van der Waals surface area contributed by atoms with Crippen molar-refractivity contribution in [3.05, 3.63) is 12.2 Å². The number of aliphatic carboxylic acids is 1. The number of alkyl halides is 1. The SMILES string of the molecule is CCCCC[C@H](O)/C=C/[C@@H]1[C@H]2C[C@H]([C@H](Br)CCCC(=O)O)O[C@H]2C[C@H]1O. The molecular weight excluding hydrogens is 400 g/mol. The van der Waals surface area contributed by atoms with Gasteiger partial charge in [0.1, 0.15) is 0 Å². The summed E-state index contributed by atoms with van der Waals surface area (Å²) in [7, 11) is 0. The second-order valence-corrected chi connectivity index (χ2v) is 8.92. The number of rotatable bonds is 11. The van der Waals surface area contributed by atoms with Gasteiger partial charge in [0.2, 0.25) is 0 Å². The minimum absolute atomic E-state index is 0.0320. The maximum absolute atomic E-state index is 10.6. The second kappa shape index (κ2) is 10.8. The number of carboxylic acid groups (broad SMARTS) is 1. The number of ether oxygens (including phenoxy) is 1. The number of aliphatic hydroxyl groups excluding tert-OH is 2. The van der Waals surface area contributed by atoms with Crippen molar-refractivity contribution < 1.29 is 24.9 Å². The lowest BCUT2D eigenvalue weighted by Crippen LogP contribution is -2.24. The zero-order valence-corrected chi connectivity index (χ0v) is 17.2. The molecule has 0 radical (unpaired) electrons. The molecule has 26 heavy (non-hydrogen) atoms. The van der Waals surface area contributed by atoms with Crippen LogP contribution in [0.3, 0.4) is 0 Å². The van der Waals surface area contributed by atoms with Gasteiger partial charge in [-0.1, -0.05) is 54.3 Å². The smallest absolute Gasteiger partial charge is 0.303 e. The van der Waals surface area contributed by atoms with Crippen LogP contribution in [0.2, 0.25) is 0 Å². The number of hydrogen-bond acceptors (Lipinski definition) is 4. The lowest BCUT2D eigenvalue weighted by atomic mass is 9.89. The van der Waals surface area contributed by atoms with E-state index in [0.29, 0.717) is 12.8 Å². The number of hydrogen-bond donors (Lipinski definition) is 3. The number of carbonyl (C=O) groups is 1. The Labute approximate surface area is 164 Å². The van der Waals surface area contributed by atoms with E-state index in [1.165, 1.54) is 0 Å². The Morgan fingerprint density at radius 2 is 2.04 bits per heavy atom. The van der Waals surface area contributed by atoms with Crippen LogP contribution in [0.25, 0.3) is 0 Å². The van der Waals surface area contributed by atoms with Gasteiger partial charge in [0.05, 0.1) is 24.4 Å². The van der Waals surface area contributed by atoms with Gasteiger partial charge in [0.15, 0.2) is 0 Å². The molecule has 0 aromatic rings. The first-order valence-electron chi connectivity index (χ1n) is 9.98. The second-order valence-electron chi connectivity index (χ2n) is 7.74. The van der Waals surface area contributed by atoms with Gasteiger partial charge >= 0.3 is 5.97 Å². The predicted molar refractivity (Wildman–Crippen MR) is 104 cm³/mol. The van der Waals surface area contributed by atoms with Gasteiger partial charge in [-0.15, -0.1) is 0 Å². The number of halogens is 1. The third-order valence-corrected chi connectivity index (χ3v) is 6.72. The molecule has 2 aliphatic rings. The van der Waals surface area contributed by atoms with Crippen LogP contribution in [0.4, 0.5) is 0 Å². The summed E-state index contributed by atoms with van der Waals surface area (Å²) in [6.07, 6.45) is 10.3. The Kier molecular flexibility index (Phi) is 9.07. The highest BCUT2D eigenvalue weighted by molar-refractivity contribution is 9.09. The van der Waals surface area contributed by atoms with Gasteiger partial charge in [0, 0.05) is 23.6 Å². The molecule has 0 bridgehead atoms. The first kappa shape index (κ1) is 21.9. The maximum Gasteiger partial charge on any atom is 0.303 e. The van der Waals surface area contributed by atoms with Crippen molar-refractivity contribution in [2.45, 2.75) is 94.0 Å². The summed E-state index contributed by atoms with van der Waals surface area (Å²) in [5.74, 6) is -0.460. The summed E-state index contributed by atoms with van der Waals surface area (Å²) in [4.78, 5) is 10.8. The van der Waals surface area contributed by atoms with Crippen molar-refractivity contribution in [3.63, 3.8) is 0 Å². The van der Waals surface area contributed by atoms with Crippen LogP contribution in [0, 0.1) is 11.8 Å². The number of carboxylic acids is 1. The van der Waals surface area contributed by atoms with E-state index in [0.717, 1.165) is 38.5 Å². The minimum Gasteiger partial charge on any atom is -0.481 e. The Morgan fingerprint density at radius 3 is 2.73 bits per heavy atom. The molecule has 5 nitrogen and oxygen atoms in total. The molecule has 1 aliphatic heterocycles. The van der Waals surface area contributed by atoms with Crippen molar-refractivity contribution >= 4 is 21.9 Å². The largest absolute Gasteiger partial charge is 0.481 e. The van der Waals surface area contributed by atoms with E-state index in [9.17, 15) is 15.0 Å². The van der Waals surface area contributed by atoms with Gasteiger partial charge < -0.3 is 20.1 Å². The minimum atomic E-state index is -0.764. The lowest BCUT2D eigenvalue weighted by molar-refractivity contribution is -0.137. The highest BCUT2D eigenvalue weighted by Crippen LogP contribution is 2.46. The molecule has 3 N–H and O–H groups in total. The maximum atomic E-state index is 10.6. The Balaban J connectivity index is 1.82. The van der Waals surface area contributed by atoms with Crippen molar-refractivity contribution in [2.75, 3.05) is 0 Å². The molecule has 150 valence electrons. The van der Waals surface area contributed by atoms with Gasteiger partial charge in [0.25, 0.3) is 0 Å². The summed E-state index contributed by atoms with van der Waals surface area (Å²) in [6.45, 7) is 2.15. The molecule has 0 aromatic carbocycles. The molecule has 2 fully saturated rings. The first-order chi connectivity index (χ1) is 12.4. The van der Waals surface area contributed by atoms with E-state index in [-0.39, 0.29) is 35.3 Å². The van der Waals surface area contributed by atoms with Crippen LogP contribution in [0.15, 0.2) is 12.2 Å². The van der Waals surface area contributed by atoms with Crippen molar-refractivity contribution in [1.82, 2.24) is 0 Å². The van der Waals surface area contributed by atoms with E-state index in [4.69, 9.17) is 9.84 Å². The normalized spacial score (nSPS) is 33.5. The lowest BCUT2D eigenvalue weighted by Gasteiger charge is -2.21. The average Bonchev–Trinajstić information content (AvgIpc) is 3.10. The van der Waals surface area contributed by atoms with Gasteiger partial charge in [-0.25, -0.2) is 0 Å². The molecule has 0 aromatic heterocycles. The number of unbranched alkanes of at least 4 members (excludes halogenated alkanes) is 2. The van der Waals surface area contributed by atoms with Crippen LogP contribution in [-0.2, 0) is 9.53 Å². The standard InChI is InChI=1S/C20H33BrO5/c1-2-3-4-6-13(22)9-10-14-15-11-19(26-18(15)12-17(14)23)16(21)7-5-8-20(24)25/h9-10,13-19,22-23H,2-8,11-12H2,1H3,(H,24,25)/b10-9+/t13-,14+,15+,16+,17+,18-,19+/m0/s1. The highest BCUT2D eigenvalue weighted by atomic mass is 79.9. The monoisotopic (exact) mass is 432 g/mol. The van der Waals surface area contributed by atoms with Crippen molar-refractivity contribution in [3.8, 4) is 0 Å². The Morgan fingerprint density at radius 1 is 1.27 bits per heavy atom. The van der Waals surface area contributed by atoms with Crippen LogP contribution >= 0.6 is 15.9 Å². The third kappa shape index (κ3) is 6.32. The molecule has 0 amide bonds. The summed E-state index contributed by atoms with van der Waals surface area (Å²) >= 11 is 3.66. The molecule has 1 saturated carbocycles. The fraction of sp³-hybridized carbons (Fsp3) is 0.850. The van der Waals surface area contributed by atoms with E-state index in [2.05, 4.69) is 22.9 Å². The Hall–Kier alpha value is -0.430. The third-order valence-electron chi connectivity index (χ3n) is 5.68.